The van der Waals surface area contributed by atoms with Crippen molar-refractivity contribution in [2.24, 2.45) is 0 Å². The summed E-state index contributed by atoms with van der Waals surface area (Å²) in [4.78, 5) is 14.4. The largest absolute Gasteiger partial charge is 0.375 e. The zero-order valence-electron chi connectivity index (χ0n) is 12.7. The molecule has 1 N–H and O–H groups in total. The molecule has 0 saturated carbocycles. The molecule has 1 saturated heterocycles. The Morgan fingerprint density at radius 2 is 1.86 bits per heavy atom. The van der Waals surface area contributed by atoms with Gasteiger partial charge in [-0.25, -0.2) is 0 Å². The molecule has 1 aliphatic heterocycles. The van der Waals surface area contributed by atoms with E-state index in [1.54, 1.807) is 12.1 Å². The molecular formula is C18H20N2O2. The Labute approximate surface area is 130 Å². The van der Waals surface area contributed by atoms with Gasteiger partial charge in [0.15, 0.2) is 0 Å². The summed E-state index contributed by atoms with van der Waals surface area (Å²) in [6.07, 6.45) is 0.256. The van der Waals surface area contributed by atoms with Gasteiger partial charge in [-0.1, -0.05) is 18.2 Å². The molecule has 1 amide bonds. The maximum Gasteiger partial charge on any atom is 0.255 e. The van der Waals surface area contributed by atoms with Gasteiger partial charge in [-0.2, -0.15) is 0 Å². The molecule has 114 valence electrons. The van der Waals surface area contributed by atoms with E-state index in [1.165, 1.54) is 0 Å². The molecule has 0 radical (unpaired) electrons. The summed E-state index contributed by atoms with van der Waals surface area (Å²) < 4.78 is 5.56. The Kier molecular flexibility index (Phi) is 4.39. The van der Waals surface area contributed by atoms with Crippen LogP contribution in [0.4, 0.5) is 11.4 Å². The van der Waals surface area contributed by atoms with Crippen LogP contribution in [-0.2, 0) is 4.74 Å². The Bertz CT molecular complexity index is 625. The van der Waals surface area contributed by atoms with E-state index in [4.69, 9.17) is 4.74 Å². The molecule has 0 spiro atoms. The van der Waals surface area contributed by atoms with Crippen molar-refractivity contribution in [2.75, 3.05) is 29.9 Å². The predicted molar refractivity (Wildman–Crippen MR) is 88.5 cm³/mol. The summed E-state index contributed by atoms with van der Waals surface area (Å²) in [6, 6.07) is 17.2. The number of anilines is 2. The first-order chi connectivity index (χ1) is 10.7. The normalized spacial score (nSPS) is 18.0. The minimum absolute atomic E-state index is 0.0895. The van der Waals surface area contributed by atoms with Crippen LogP contribution in [-0.4, -0.2) is 31.7 Å². The van der Waals surface area contributed by atoms with Crippen molar-refractivity contribution in [1.82, 2.24) is 0 Å². The SMILES string of the molecule is CC1CN(c2ccc(NC(=O)c3ccccc3)cc2)CCO1. The van der Waals surface area contributed by atoms with Gasteiger partial charge in [0.05, 0.1) is 12.7 Å². The van der Waals surface area contributed by atoms with Gasteiger partial charge in [0.25, 0.3) is 5.91 Å². The first kappa shape index (κ1) is 14.6. The van der Waals surface area contributed by atoms with E-state index in [-0.39, 0.29) is 12.0 Å². The Hall–Kier alpha value is -2.33. The molecule has 4 heteroatoms. The molecule has 1 aliphatic rings. The lowest BCUT2D eigenvalue weighted by molar-refractivity contribution is 0.0532. The number of hydrogen-bond acceptors (Lipinski definition) is 3. The highest BCUT2D eigenvalue weighted by Crippen LogP contribution is 2.20. The van der Waals surface area contributed by atoms with Crippen molar-refractivity contribution in [3.63, 3.8) is 0 Å². The molecule has 1 heterocycles. The van der Waals surface area contributed by atoms with Gasteiger partial charge >= 0.3 is 0 Å². The van der Waals surface area contributed by atoms with E-state index in [0.717, 1.165) is 31.1 Å². The summed E-state index contributed by atoms with van der Waals surface area (Å²) in [5, 5.41) is 2.91. The molecule has 1 atom stereocenters. The lowest BCUT2D eigenvalue weighted by Crippen LogP contribution is -2.41. The maximum absolute atomic E-state index is 12.1. The van der Waals surface area contributed by atoms with E-state index >= 15 is 0 Å². The molecule has 4 nitrogen and oxygen atoms in total. The van der Waals surface area contributed by atoms with Crippen molar-refractivity contribution in [3.05, 3.63) is 60.2 Å². The number of nitrogens with one attached hydrogen (secondary N) is 1. The van der Waals surface area contributed by atoms with Gasteiger partial charge in [0, 0.05) is 30.0 Å². The fourth-order valence-electron chi connectivity index (χ4n) is 2.60. The van der Waals surface area contributed by atoms with Crippen LogP contribution in [0.5, 0.6) is 0 Å². The molecule has 22 heavy (non-hydrogen) atoms. The summed E-state index contributed by atoms with van der Waals surface area (Å²) in [5.74, 6) is -0.0895. The summed E-state index contributed by atoms with van der Waals surface area (Å²) >= 11 is 0. The van der Waals surface area contributed by atoms with Crippen molar-refractivity contribution < 1.29 is 9.53 Å². The third-order valence-electron chi connectivity index (χ3n) is 3.77. The van der Waals surface area contributed by atoms with Gasteiger partial charge in [-0.3, -0.25) is 4.79 Å². The minimum Gasteiger partial charge on any atom is -0.375 e. The number of hydrogen-bond donors (Lipinski definition) is 1. The predicted octanol–water partition coefficient (Wildman–Crippen LogP) is 3.16. The number of rotatable bonds is 3. The Morgan fingerprint density at radius 1 is 1.14 bits per heavy atom. The van der Waals surface area contributed by atoms with Crippen LogP contribution in [0.2, 0.25) is 0 Å². The zero-order chi connectivity index (χ0) is 15.4. The lowest BCUT2D eigenvalue weighted by Gasteiger charge is -2.33. The maximum atomic E-state index is 12.1. The number of carbonyl (C=O) groups excluding carboxylic acids is 1. The molecule has 1 fully saturated rings. The van der Waals surface area contributed by atoms with E-state index in [0.29, 0.717) is 5.56 Å². The van der Waals surface area contributed by atoms with Crippen molar-refractivity contribution in [3.8, 4) is 0 Å². The smallest absolute Gasteiger partial charge is 0.255 e. The van der Waals surface area contributed by atoms with E-state index in [1.807, 2.05) is 42.5 Å². The molecular weight excluding hydrogens is 276 g/mol. The second-order valence-electron chi connectivity index (χ2n) is 5.49. The van der Waals surface area contributed by atoms with Gasteiger partial charge in [-0.05, 0) is 43.3 Å². The quantitative estimate of drug-likeness (QED) is 0.946. The van der Waals surface area contributed by atoms with Crippen LogP contribution >= 0.6 is 0 Å². The lowest BCUT2D eigenvalue weighted by atomic mass is 10.2. The van der Waals surface area contributed by atoms with Crippen LogP contribution in [0, 0.1) is 0 Å². The Morgan fingerprint density at radius 3 is 2.55 bits per heavy atom. The highest BCUT2D eigenvalue weighted by molar-refractivity contribution is 6.04. The number of nitrogens with zero attached hydrogens (tertiary/aromatic N) is 1. The monoisotopic (exact) mass is 296 g/mol. The van der Waals surface area contributed by atoms with Crippen LogP contribution in [0.3, 0.4) is 0 Å². The van der Waals surface area contributed by atoms with Crippen LogP contribution in [0.1, 0.15) is 17.3 Å². The first-order valence-corrected chi connectivity index (χ1v) is 7.55. The molecule has 0 aliphatic carbocycles. The first-order valence-electron chi connectivity index (χ1n) is 7.55. The topological polar surface area (TPSA) is 41.6 Å². The van der Waals surface area contributed by atoms with Crippen LogP contribution in [0.15, 0.2) is 54.6 Å². The fourth-order valence-corrected chi connectivity index (χ4v) is 2.60. The van der Waals surface area contributed by atoms with Crippen molar-refractivity contribution in [2.45, 2.75) is 13.0 Å². The van der Waals surface area contributed by atoms with Crippen LogP contribution in [0.25, 0.3) is 0 Å². The number of amides is 1. The Balaban J connectivity index is 1.65. The summed E-state index contributed by atoms with van der Waals surface area (Å²) in [6.45, 7) is 4.64. The third-order valence-corrected chi connectivity index (χ3v) is 3.77. The second-order valence-corrected chi connectivity index (χ2v) is 5.49. The van der Waals surface area contributed by atoms with Gasteiger partial charge in [-0.15, -0.1) is 0 Å². The average Bonchev–Trinajstić information content (AvgIpc) is 2.56. The average molecular weight is 296 g/mol. The van der Waals surface area contributed by atoms with Crippen molar-refractivity contribution >= 4 is 17.3 Å². The highest BCUT2D eigenvalue weighted by Gasteiger charge is 2.16. The van der Waals surface area contributed by atoms with E-state index < -0.39 is 0 Å². The second kappa shape index (κ2) is 6.62. The minimum atomic E-state index is -0.0895. The standard InChI is InChI=1S/C18H20N2O2/c1-14-13-20(11-12-22-14)17-9-7-16(8-10-17)19-18(21)15-5-3-2-4-6-15/h2-10,14H,11-13H2,1H3,(H,19,21). The molecule has 1 unspecified atom stereocenters. The zero-order valence-corrected chi connectivity index (χ0v) is 12.7. The molecule has 2 aromatic rings. The third kappa shape index (κ3) is 3.46. The van der Waals surface area contributed by atoms with E-state index in [9.17, 15) is 4.79 Å². The van der Waals surface area contributed by atoms with Gasteiger partial charge in [0.2, 0.25) is 0 Å². The number of ether oxygens (including phenoxy) is 1. The highest BCUT2D eigenvalue weighted by atomic mass is 16.5. The van der Waals surface area contributed by atoms with Gasteiger partial charge < -0.3 is 15.0 Å². The summed E-state index contributed by atoms with van der Waals surface area (Å²) in [5.41, 5.74) is 2.63. The molecule has 3 rings (SSSR count). The van der Waals surface area contributed by atoms with Crippen LogP contribution < -0.4 is 10.2 Å². The van der Waals surface area contributed by atoms with E-state index in [2.05, 4.69) is 17.1 Å². The van der Waals surface area contributed by atoms with Gasteiger partial charge in [0.1, 0.15) is 0 Å². The molecule has 0 bridgehead atoms. The fraction of sp³-hybridized carbons (Fsp3) is 0.278. The van der Waals surface area contributed by atoms with Crippen molar-refractivity contribution in [1.29, 1.82) is 0 Å². The molecule has 0 aromatic heterocycles. The number of morpholine rings is 1. The number of benzene rings is 2. The number of carbonyl (C=O) groups is 1. The molecule has 2 aromatic carbocycles. The summed E-state index contributed by atoms with van der Waals surface area (Å²) in [7, 11) is 0.